The van der Waals surface area contributed by atoms with E-state index in [1.165, 1.54) is 5.56 Å². The van der Waals surface area contributed by atoms with E-state index in [2.05, 4.69) is 11.9 Å². The van der Waals surface area contributed by atoms with Gasteiger partial charge >= 0.3 is 11.9 Å². The van der Waals surface area contributed by atoms with E-state index < -0.39 is 5.97 Å². The second-order valence-corrected chi connectivity index (χ2v) is 3.94. The van der Waals surface area contributed by atoms with E-state index in [4.69, 9.17) is 14.3 Å². The van der Waals surface area contributed by atoms with Crippen molar-refractivity contribution >= 4 is 5.97 Å². The molecule has 0 saturated carbocycles. The summed E-state index contributed by atoms with van der Waals surface area (Å²) >= 11 is 0. The molecular formula is C14H15NO4. The molecule has 0 spiro atoms. The molecule has 5 nitrogen and oxygen atoms in total. The third kappa shape index (κ3) is 2.76. The number of aryl methyl sites for hydroxylation is 1. The first-order valence-corrected chi connectivity index (χ1v) is 6.12. The summed E-state index contributed by atoms with van der Waals surface area (Å²) in [5, 5.41) is 9.03. The van der Waals surface area contributed by atoms with Crippen molar-refractivity contribution in [1.82, 2.24) is 4.98 Å². The van der Waals surface area contributed by atoms with Gasteiger partial charge in [-0.3, -0.25) is 0 Å². The van der Waals surface area contributed by atoms with Gasteiger partial charge in [0.1, 0.15) is 0 Å². The normalized spacial score (nSPS) is 10.4. The number of aromatic nitrogens is 1. The summed E-state index contributed by atoms with van der Waals surface area (Å²) in [6.45, 7) is 4.14. The number of nitrogens with zero attached hydrogens (tertiary/aromatic N) is 1. The van der Waals surface area contributed by atoms with Crippen LogP contribution in [0.3, 0.4) is 0 Å². The molecule has 100 valence electrons. The zero-order valence-corrected chi connectivity index (χ0v) is 10.8. The molecule has 0 fully saturated rings. The molecule has 0 atom stereocenters. The minimum absolute atomic E-state index is 0.0513. The third-order valence-electron chi connectivity index (χ3n) is 2.68. The lowest BCUT2D eigenvalue weighted by Crippen LogP contribution is -2.01. The number of hydrogen-bond acceptors (Lipinski definition) is 4. The van der Waals surface area contributed by atoms with Crippen molar-refractivity contribution in [2.45, 2.75) is 20.3 Å². The second-order valence-electron chi connectivity index (χ2n) is 3.94. The highest BCUT2D eigenvalue weighted by Crippen LogP contribution is 2.27. The molecule has 0 saturated heterocycles. The van der Waals surface area contributed by atoms with Crippen LogP contribution in [0.25, 0.3) is 11.5 Å². The van der Waals surface area contributed by atoms with E-state index in [1.54, 1.807) is 6.92 Å². The Morgan fingerprint density at radius 2 is 2.00 bits per heavy atom. The van der Waals surface area contributed by atoms with Gasteiger partial charge in [0.25, 0.3) is 0 Å². The molecule has 0 radical (unpaired) electrons. The zero-order chi connectivity index (χ0) is 13.8. The van der Waals surface area contributed by atoms with Crippen molar-refractivity contribution in [1.29, 1.82) is 0 Å². The minimum Gasteiger partial charge on any atom is -0.476 e. The Kier molecular flexibility index (Phi) is 3.85. The van der Waals surface area contributed by atoms with Crippen LogP contribution in [0.4, 0.5) is 0 Å². The monoisotopic (exact) mass is 261 g/mol. The first-order chi connectivity index (χ1) is 9.15. The van der Waals surface area contributed by atoms with Gasteiger partial charge in [0.2, 0.25) is 11.6 Å². The molecule has 1 aromatic heterocycles. The molecule has 2 rings (SSSR count). The quantitative estimate of drug-likeness (QED) is 0.895. The first kappa shape index (κ1) is 13.1. The lowest BCUT2D eigenvalue weighted by Gasteiger charge is -1.98. The topological polar surface area (TPSA) is 72.6 Å². The highest BCUT2D eigenvalue weighted by atomic mass is 16.6. The number of aromatic carboxylic acids is 1. The summed E-state index contributed by atoms with van der Waals surface area (Å²) in [5.74, 6) is -0.961. The number of carboxylic acids is 1. The van der Waals surface area contributed by atoms with E-state index in [0.29, 0.717) is 6.61 Å². The summed E-state index contributed by atoms with van der Waals surface area (Å²) < 4.78 is 10.5. The summed E-state index contributed by atoms with van der Waals surface area (Å²) in [7, 11) is 0. The van der Waals surface area contributed by atoms with Crippen LogP contribution in [0, 0.1) is 0 Å². The Hall–Kier alpha value is -2.30. The van der Waals surface area contributed by atoms with Crippen LogP contribution in [-0.4, -0.2) is 22.7 Å². The molecule has 1 N–H and O–H groups in total. The number of hydrogen-bond donors (Lipinski definition) is 1. The molecule has 1 aromatic carbocycles. The number of carboxylic acid groups (broad SMARTS) is 1. The van der Waals surface area contributed by atoms with Crippen molar-refractivity contribution in [3.05, 3.63) is 35.5 Å². The van der Waals surface area contributed by atoms with Crippen molar-refractivity contribution in [3.63, 3.8) is 0 Å². The summed E-state index contributed by atoms with van der Waals surface area (Å²) in [5.41, 5.74) is 1.72. The molecule has 2 aromatic rings. The average molecular weight is 261 g/mol. The maximum Gasteiger partial charge on any atom is 0.362 e. The molecule has 0 aliphatic rings. The molecule has 0 bridgehead atoms. The van der Waals surface area contributed by atoms with Gasteiger partial charge in [-0.25, -0.2) is 4.79 Å². The maximum absolute atomic E-state index is 11.0. The van der Waals surface area contributed by atoms with E-state index in [9.17, 15) is 4.79 Å². The van der Waals surface area contributed by atoms with Gasteiger partial charge in [-0.2, -0.15) is 4.98 Å². The van der Waals surface area contributed by atoms with Crippen LogP contribution in [0.15, 0.2) is 28.7 Å². The fraction of sp³-hybridized carbons (Fsp3) is 0.286. The van der Waals surface area contributed by atoms with Crippen molar-refractivity contribution < 1.29 is 19.1 Å². The molecule has 0 unspecified atom stereocenters. The van der Waals surface area contributed by atoms with Gasteiger partial charge < -0.3 is 14.3 Å². The van der Waals surface area contributed by atoms with Crippen LogP contribution in [-0.2, 0) is 6.42 Å². The smallest absolute Gasteiger partial charge is 0.362 e. The van der Waals surface area contributed by atoms with Crippen molar-refractivity contribution in [2.75, 3.05) is 6.61 Å². The summed E-state index contributed by atoms with van der Waals surface area (Å²) in [6.07, 6.45) is 0.941. The molecule has 5 heteroatoms. The predicted octanol–water partition coefficient (Wildman–Crippen LogP) is 3.00. The fourth-order valence-electron chi connectivity index (χ4n) is 1.68. The van der Waals surface area contributed by atoms with Crippen molar-refractivity contribution in [2.24, 2.45) is 0 Å². The van der Waals surface area contributed by atoms with Gasteiger partial charge in [-0.15, -0.1) is 0 Å². The maximum atomic E-state index is 11.0. The van der Waals surface area contributed by atoms with E-state index in [-0.39, 0.29) is 17.5 Å². The summed E-state index contributed by atoms with van der Waals surface area (Å²) in [6, 6.07) is 7.62. The van der Waals surface area contributed by atoms with E-state index >= 15 is 0 Å². The molecule has 0 aliphatic heterocycles. The third-order valence-corrected chi connectivity index (χ3v) is 2.68. The highest BCUT2D eigenvalue weighted by molar-refractivity contribution is 5.88. The number of carbonyl (C=O) groups is 1. The molecule has 19 heavy (non-hydrogen) atoms. The standard InChI is InChI=1S/C14H15NO4/c1-3-9-5-7-10(8-6-9)12-15-11(13(16)17)14(19-12)18-4-2/h5-8H,3-4H2,1-2H3,(H,16,17). The Morgan fingerprint density at radius 1 is 1.32 bits per heavy atom. The zero-order valence-electron chi connectivity index (χ0n) is 10.8. The Labute approximate surface area is 110 Å². The first-order valence-electron chi connectivity index (χ1n) is 6.12. The van der Waals surface area contributed by atoms with Gasteiger partial charge in [0, 0.05) is 5.56 Å². The second kappa shape index (κ2) is 5.56. The molecular weight excluding hydrogens is 246 g/mol. The number of ether oxygens (including phenoxy) is 1. The van der Waals surface area contributed by atoms with Gasteiger partial charge in [0.15, 0.2) is 0 Å². The van der Waals surface area contributed by atoms with E-state index in [0.717, 1.165) is 12.0 Å². The predicted molar refractivity (Wildman–Crippen MR) is 69.4 cm³/mol. The lowest BCUT2D eigenvalue weighted by molar-refractivity contribution is 0.0683. The number of rotatable bonds is 5. The minimum atomic E-state index is -1.16. The summed E-state index contributed by atoms with van der Waals surface area (Å²) in [4.78, 5) is 15.0. The lowest BCUT2D eigenvalue weighted by atomic mass is 10.1. The molecule has 0 amide bonds. The van der Waals surface area contributed by atoms with Gasteiger partial charge in [-0.05, 0) is 31.0 Å². The van der Waals surface area contributed by atoms with Crippen LogP contribution in [0.1, 0.15) is 29.9 Å². The van der Waals surface area contributed by atoms with Crippen LogP contribution in [0.2, 0.25) is 0 Å². The van der Waals surface area contributed by atoms with Crippen LogP contribution in [0.5, 0.6) is 5.95 Å². The number of benzene rings is 1. The fourth-order valence-corrected chi connectivity index (χ4v) is 1.68. The van der Waals surface area contributed by atoms with Crippen LogP contribution < -0.4 is 4.74 Å². The SMILES string of the molecule is CCOc1oc(-c2ccc(CC)cc2)nc1C(=O)O. The van der Waals surface area contributed by atoms with E-state index in [1.807, 2.05) is 24.3 Å². The highest BCUT2D eigenvalue weighted by Gasteiger charge is 2.21. The van der Waals surface area contributed by atoms with Crippen molar-refractivity contribution in [3.8, 4) is 17.4 Å². The average Bonchev–Trinajstić information content (AvgIpc) is 2.83. The molecule has 1 heterocycles. The Balaban J connectivity index is 2.38. The Morgan fingerprint density at radius 3 is 2.53 bits per heavy atom. The van der Waals surface area contributed by atoms with Gasteiger partial charge in [0.05, 0.1) is 6.61 Å². The van der Waals surface area contributed by atoms with Crippen LogP contribution >= 0.6 is 0 Å². The Bertz CT molecular complexity index is 572. The van der Waals surface area contributed by atoms with Gasteiger partial charge in [-0.1, -0.05) is 19.1 Å². The molecule has 0 aliphatic carbocycles. The largest absolute Gasteiger partial charge is 0.476 e. The number of oxazole rings is 1.